The monoisotopic (exact) mass is 352 g/mol. The minimum absolute atomic E-state index is 0.0248. The number of hydrogen-bond donors (Lipinski definition) is 2. The second-order valence-corrected chi connectivity index (χ2v) is 6.28. The van der Waals surface area contributed by atoms with Gasteiger partial charge in [-0.25, -0.2) is 4.39 Å². The second kappa shape index (κ2) is 8.80. The first-order valence-electron chi connectivity index (χ1n) is 8.51. The Labute approximate surface area is 147 Å². The molecule has 1 aliphatic carbocycles. The van der Waals surface area contributed by atoms with Crippen LogP contribution in [0.2, 0.25) is 0 Å². The van der Waals surface area contributed by atoms with E-state index in [9.17, 15) is 14.0 Å². The van der Waals surface area contributed by atoms with Crippen molar-refractivity contribution in [1.29, 1.82) is 0 Å². The molecule has 1 aromatic carbocycles. The number of ether oxygens (including phenoxy) is 1. The standard InChI is InChI=1S/C18H25FN2O4/c1-3-21(11-17(23)24)14-9-13(10-14)20-16(22)8-7-12-5-4-6-15(25-2)18(12)19/h4-6,13-14H,3,7-11H2,1-2H3,(H,20,22)(H,23,24). The van der Waals surface area contributed by atoms with Gasteiger partial charge in [0.25, 0.3) is 0 Å². The van der Waals surface area contributed by atoms with Crippen LogP contribution in [0.4, 0.5) is 4.39 Å². The van der Waals surface area contributed by atoms with Crippen molar-refractivity contribution in [3.63, 3.8) is 0 Å². The van der Waals surface area contributed by atoms with E-state index in [1.165, 1.54) is 7.11 Å². The lowest BCUT2D eigenvalue weighted by molar-refractivity contribution is -0.139. The summed E-state index contributed by atoms with van der Waals surface area (Å²) in [7, 11) is 1.41. The van der Waals surface area contributed by atoms with Gasteiger partial charge < -0.3 is 15.2 Å². The topological polar surface area (TPSA) is 78.9 Å². The van der Waals surface area contributed by atoms with Crippen LogP contribution >= 0.6 is 0 Å². The first kappa shape index (κ1) is 19.2. The van der Waals surface area contributed by atoms with Crippen LogP contribution in [0.3, 0.4) is 0 Å². The Morgan fingerprint density at radius 1 is 1.40 bits per heavy atom. The highest BCUT2D eigenvalue weighted by Gasteiger charge is 2.34. The summed E-state index contributed by atoms with van der Waals surface area (Å²) in [4.78, 5) is 24.8. The van der Waals surface area contributed by atoms with E-state index in [-0.39, 0.29) is 36.7 Å². The highest BCUT2D eigenvalue weighted by Crippen LogP contribution is 2.26. The molecule has 0 aliphatic heterocycles. The largest absolute Gasteiger partial charge is 0.494 e. The first-order valence-corrected chi connectivity index (χ1v) is 8.51. The molecule has 0 radical (unpaired) electrons. The number of rotatable bonds is 9. The maximum atomic E-state index is 14.0. The average molecular weight is 352 g/mol. The summed E-state index contributed by atoms with van der Waals surface area (Å²) in [6.07, 6.45) is 2.02. The van der Waals surface area contributed by atoms with E-state index in [4.69, 9.17) is 9.84 Å². The van der Waals surface area contributed by atoms with Gasteiger partial charge in [-0.15, -0.1) is 0 Å². The van der Waals surface area contributed by atoms with Crippen molar-refractivity contribution in [3.05, 3.63) is 29.6 Å². The van der Waals surface area contributed by atoms with Gasteiger partial charge >= 0.3 is 5.97 Å². The van der Waals surface area contributed by atoms with Gasteiger partial charge in [-0.3, -0.25) is 14.5 Å². The highest BCUT2D eigenvalue weighted by atomic mass is 19.1. The number of carbonyl (C=O) groups excluding carboxylic acids is 1. The number of nitrogens with zero attached hydrogens (tertiary/aromatic N) is 1. The number of methoxy groups -OCH3 is 1. The van der Waals surface area contributed by atoms with Crippen LogP contribution in [0.15, 0.2) is 18.2 Å². The van der Waals surface area contributed by atoms with Crippen LogP contribution in [0, 0.1) is 5.82 Å². The van der Waals surface area contributed by atoms with E-state index in [1.807, 2.05) is 11.8 Å². The van der Waals surface area contributed by atoms with E-state index in [2.05, 4.69) is 5.32 Å². The molecule has 1 aromatic rings. The Morgan fingerprint density at radius 3 is 2.72 bits per heavy atom. The van der Waals surface area contributed by atoms with Crippen molar-refractivity contribution in [2.45, 2.75) is 44.7 Å². The molecule has 2 N–H and O–H groups in total. The summed E-state index contributed by atoms with van der Waals surface area (Å²) in [5.74, 6) is -1.20. The van der Waals surface area contributed by atoms with Crippen LogP contribution in [-0.2, 0) is 16.0 Å². The maximum absolute atomic E-state index is 14.0. The molecule has 7 heteroatoms. The smallest absolute Gasteiger partial charge is 0.317 e. The fourth-order valence-electron chi connectivity index (χ4n) is 3.13. The zero-order valence-electron chi connectivity index (χ0n) is 14.6. The molecule has 0 aromatic heterocycles. The maximum Gasteiger partial charge on any atom is 0.317 e. The number of halogens is 1. The minimum atomic E-state index is -0.838. The Bertz CT molecular complexity index is 617. The Morgan fingerprint density at radius 2 is 2.12 bits per heavy atom. The number of carboxylic acids is 1. The number of carboxylic acid groups (broad SMARTS) is 1. The molecule has 1 saturated carbocycles. The predicted molar refractivity (Wildman–Crippen MR) is 91.1 cm³/mol. The van der Waals surface area contributed by atoms with Crippen LogP contribution in [-0.4, -0.2) is 54.2 Å². The number of nitrogens with one attached hydrogen (secondary N) is 1. The van der Waals surface area contributed by atoms with Gasteiger partial charge in [0.2, 0.25) is 5.91 Å². The number of hydrogen-bond acceptors (Lipinski definition) is 4. The number of benzene rings is 1. The third-order valence-corrected chi connectivity index (χ3v) is 4.62. The fraction of sp³-hybridized carbons (Fsp3) is 0.556. The summed E-state index contributed by atoms with van der Waals surface area (Å²) >= 11 is 0. The second-order valence-electron chi connectivity index (χ2n) is 6.28. The molecule has 0 atom stereocenters. The number of likely N-dealkylation sites (N-methyl/N-ethyl adjacent to an activating group) is 1. The highest BCUT2D eigenvalue weighted by molar-refractivity contribution is 5.76. The van der Waals surface area contributed by atoms with Crippen LogP contribution in [0.5, 0.6) is 5.75 Å². The lowest BCUT2D eigenvalue weighted by Gasteiger charge is -2.42. The van der Waals surface area contributed by atoms with Crippen LogP contribution < -0.4 is 10.1 Å². The number of amides is 1. The molecule has 6 nitrogen and oxygen atoms in total. The van der Waals surface area contributed by atoms with Gasteiger partial charge in [-0.05, 0) is 37.4 Å². The third-order valence-electron chi connectivity index (χ3n) is 4.62. The molecule has 0 heterocycles. The Balaban J connectivity index is 1.75. The third kappa shape index (κ3) is 5.16. The van der Waals surface area contributed by atoms with Crippen molar-refractivity contribution in [3.8, 4) is 5.75 Å². The van der Waals surface area contributed by atoms with Crippen molar-refractivity contribution in [1.82, 2.24) is 10.2 Å². The van der Waals surface area contributed by atoms with Crippen molar-refractivity contribution >= 4 is 11.9 Å². The molecular formula is C18H25FN2O4. The summed E-state index contributed by atoms with van der Waals surface area (Å²) in [5.41, 5.74) is 0.458. The van der Waals surface area contributed by atoms with E-state index in [1.54, 1.807) is 18.2 Å². The molecule has 2 rings (SSSR count). The van der Waals surface area contributed by atoms with E-state index < -0.39 is 11.8 Å². The normalized spacial score (nSPS) is 19.4. The zero-order chi connectivity index (χ0) is 18.4. The molecule has 0 spiro atoms. The van der Waals surface area contributed by atoms with Gasteiger partial charge in [0, 0.05) is 18.5 Å². The average Bonchev–Trinajstić information content (AvgIpc) is 2.54. The Kier molecular flexibility index (Phi) is 6.75. The predicted octanol–water partition coefficient (Wildman–Crippen LogP) is 1.82. The zero-order valence-corrected chi connectivity index (χ0v) is 14.6. The van der Waals surface area contributed by atoms with Crippen LogP contribution in [0.25, 0.3) is 0 Å². The molecule has 0 saturated heterocycles. The molecule has 138 valence electrons. The first-order chi connectivity index (χ1) is 11.9. The quantitative estimate of drug-likeness (QED) is 0.709. The van der Waals surface area contributed by atoms with Gasteiger partial charge in [0.15, 0.2) is 11.6 Å². The molecular weight excluding hydrogens is 327 g/mol. The van der Waals surface area contributed by atoms with Gasteiger partial charge in [0.1, 0.15) is 0 Å². The van der Waals surface area contributed by atoms with Crippen molar-refractivity contribution in [2.75, 3.05) is 20.2 Å². The SMILES string of the molecule is CCN(CC(=O)O)C1CC(NC(=O)CCc2cccc(OC)c2F)C1. The van der Waals surface area contributed by atoms with Gasteiger partial charge in [-0.2, -0.15) is 0 Å². The number of aliphatic carboxylic acids is 1. The van der Waals surface area contributed by atoms with Gasteiger partial charge in [-0.1, -0.05) is 19.1 Å². The van der Waals surface area contributed by atoms with Crippen molar-refractivity contribution in [2.24, 2.45) is 0 Å². The Hall–Kier alpha value is -2.15. The lowest BCUT2D eigenvalue weighted by Crippen LogP contribution is -2.54. The molecule has 1 aliphatic rings. The number of carbonyl (C=O) groups is 2. The van der Waals surface area contributed by atoms with E-state index >= 15 is 0 Å². The van der Waals surface area contributed by atoms with E-state index in [0.29, 0.717) is 18.5 Å². The number of aryl methyl sites for hydroxylation is 1. The molecule has 0 bridgehead atoms. The lowest BCUT2D eigenvalue weighted by atomic mass is 9.85. The molecule has 0 unspecified atom stereocenters. The summed E-state index contributed by atoms with van der Waals surface area (Å²) in [5, 5.41) is 11.8. The van der Waals surface area contributed by atoms with Crippen LogP contribution in [0.1, 0.15) is 31.7 Å². The molecule has 1 fully saturated rings. The van der Waals surface area contributed by atoms with Crippen molar-refractivity contribution < 1.29 is 23.8 Å². The summed E-state index contributed by atoms with van der Waals surface area (Å²) < 4.78 is 19.0. The van der Waals surface area contributed by atoms with E-state index in [0.717, 1.165) is 12.8 Å². The summed E-state index contributed by atoms with van der Waals surface area (Å²) in [6, 6.07) is 5.16. The fourth-order valence-corrected chi connectivity index (χ4v) is 3.13. The van der Waals surface area contributed by atoms with Gasteiger partial charge in [0.05, 0.1) is 13.7 Å². The molecule has 25 heavy (non-hydrogen) atoms. The molecule has 1 amide bonds. The summed E-state index contributed by atoms with van der Waals surface area (Å²) in [6.45, 7) is 2.63. The minimum Gasteiger partial charge on any atom is -0.494 e.